The Kier molecular flexibility index (Phi) is 21.7. The second-order valence-electron chi connectivity index (χ2n) is 16.5. The third-order valence-corrected chi connectivity index (χ3v) is 9.83. The highest BCUT2D eigenvalue weighted by Gasteiger charge is 2.41. The van der Waals surface area contributed by atoms with Crippen molar-refractivity contribution in [1.82, 2.24) is 42.1 Å². The van der Waals surface area contributed by atoms with E-state index in [-0.39, 0.29) is 43.6 Å². The molecule has 0 aliphatic carbocycles. The number of nitrogens with zero attached hydrogens (tertiary/aromatic N) is 1. The van der Waals surface area contributed by atoms with Crippen molar-refractivity contribution in [3.63, 3.8) is 0 Å². The molecule has 0 unspecified atom stereocenters. The zero-order valence-corrected chi connectivity index (χ0v) is 36.0. The van der Waals surface area contributed by atoms with E-state index in [4.69, 9.17) is 5.73 Å². The van der Waals surface area contributed by atoms with Crippen LogP contribution < -0.4 is 43.0 Å². The normalized spacial score (nSPS) is 17.5. The van der Waals surface area contributed by atoms with Crippen molar-refractivity contribution in [2.24, 2.45) is 29.4 Å². The first-order chi connectivity index (χ1) is 27.4. The van der Waals surface area contributed by atoms with Gasteiger partial charge in [-0.1, -0.05) is 55.4 Å². The topological polar surface area (TPSA) is 304 Å². The SMILES string of the molecule is CC(C)C[C@H](NC(=O)[C@@H]1CCCN1C(=O)[C@@H](NC(=O)[C@H](CCC(=O)O)NC(=O)[C@@H](N)C(C)C)C(C)C)C(=O)N[C@@H](C)C(=O)NCC(=O)N[C@@H](C)C(=O)N[C@H](C=O)C(C)C. The molecule has 59 heavy (non-hydrogen) atoms. The summed E-state index contributed by atoms with van der Waals surface area (Å²) >= 11 is 0. The van der Waals surface area contributed by atoms with Gasteiger partial charge in [0.15, 0.2) is 0 Å². The van der Waals surface area contributed by atoms with Gasteiger partial charge >= 0.3 is 5.97 Å². The summed E-state index contributed by atoms with van der Waals surface area (Å²) in [5, 5.41) is 27.0. The molecular weight excluding hydrogens is 770 g/mol. The van der Waals surface area contributed by atoms with Gasteiger partial charge in [-0.3, -0.25) is 43.2 Å². The van der Waals surface area contributed by atoms with Crippen molar-refractivity contribution in [2.75, 3.05) is 13.1 Å². The first kappa shape index (κ1) is 51.9. The number of likely N-dealkylation sites (tertiary alicyclic amines) is 1. The Morgan fingerprint density at radius 3 is 1.81 bits per heavy atom. The zero-order valence-electron chi connectivity index (χ0n) is 36.0. The van der Waals surface area contributed by atoms with Gasteiger partial charge in [0.05, 0.1) is 18.6 Å². The standard InChI is InChI=1S/C39H67N9O11/c1-19(2)16-26(36(56)43-23(9)33(53)41-17-29(50)42-24(10)34(54)46-27(18-49)20(3)4)45-37(57)28-12-11-15-48(28)39(59)32(22(7)8)47-35(55)25(13-14-30(51)52)44-38(58)31(40)21(5)6/h18-28,31-32H,11-17,40H2,1-10H3,(H,41,53)(H,42,50)(H,43,56)(H,44,58)(H,45,57)(H,46,54)(H,47,55)(H,51,52)/t23-,24-,25-,26-,27+,28-,31-,32-/m0/s1. The summed E-state index contributed by atoms with van der Waals surface area (Å²) in [7, 11) is 0. The lowest BCUT2D eigenvalue weighted by atomic mass is 10.00. The molecule has 20 heteroatoms. The second-order valence-corrected chi connectivity index (χ2v) is 16.5. The number of amides is 8. The predicted octanol–water partition coefficient (Wildman–Crippen LogP) is -1.55. The van der Waals surface area contributed by atoms with Crippen molar-refractivity contribution >= 4 is 59.5 Å². The lowest BCUT2D eigenvalue weighted by molar-refractivity contribution is -0.143. The van der Waals surface area contributed by atoms with Gasteiger partial charge in [0.25, 0.3) is 0 Å². The Labute approximate surface area is 346 Å². The maximum absolute atomic E-state index is 14.0. The lowest BCUT2D eigenvalue weighted by Gasteiger charge is -2.32. The summed E-state index contributed by atoms with van der Waals surface area (Å²) < 4.78 is 0. The molecule has 1 fully saturated rings. The van der Waals surface area contributed by atoms with Crippen molar-refractivity contribution in [3.05, 3.63) is 0 Å². The maximum atomic E-state index is 14.0. The highest BCUT2D eigenvalue weighted by molar-refractivity contribution is 5.97. The first-order valence-corrected chi connectivity index (χ1v) is 20.2. The molecule has 10 N–H and O–H groups in total. The summed E-state index contributed by atoms with van der Waals surface area (Å²) in [4.78, 5) is 129. The number of carboxylic acids is 1. The fourth-order valence-electron chi connectivity index (χ4n) is 6.03. The van der Waals surface area contributed by atoms with Crippen LogP contribution in [0.5, 0.6) is 0 Å². The number of nitrogens with two attached hydrogens (primary N) is 1. The summed E-state index contributed by atoms with van der Waals surface area (Å²) in [6.45, 7) is 16.4. The van der Waals surface area contributed by atoms with E-state index < -0.39 is 120 Å². The third-order valence-electron chi connectivity index (χ3n) is 9.83. The van der Waals surface area contributed by atoms with E-state index in [0.29, 0.717) is 12.7 Å². The van der Waals surface area contributed by atoms with Crippen LogP contribution in [0.2, 0.25) is 0 Å². The zero-order chi connectivity index (χ0) is 45.3. The lowest BCUT2D eigenvalue weighted by Crippen LogP contribution is -2.60. The Bertz CT molecular complexity index is 1520. The van der Waals surface area contributed by atoms with E-state index >= 15 is 0 Å². The molecule has 0 saturated carbocycles. The highest BCUT2D eigenvalue weighted by atomic mass is 16.4. The maximum Gasteiger partial charge on any atom is 0.303 e. The molecule has 20 nitrogen and oxygen atoms in total. The number of carbonyl (C=O) groups is 10. The van der Waals surface area contributed by atoms with Crippen LogP contribution in [0.3, 0.4) is 0 Å². The molecule has 8 amide bonds. The van der Waals surface area contributed by atoms with Crippen LogP contribution in [0.15, 0.2) is 0 Å². The fraction of sp³-hybridized carbons (Fsp3) is 0.744. The molecular formula is C39H67N9O11. The quantitative estimate of drug-likeness (QED) is 0.0500. The molecule has 0 aromatic rings. The van der Waals surface area contributed by atoms with Gasteiger partial charge in [-0.05, 0) is 63.2 Å². The van der Waals surface area contributed by atoms with Crippen molar-refractivity contribution in [1.29, 1.82) is 0 Å². The average molecular weight is 838 g/mol. The Hall–Kier alpha value is -5.14. The van der Waals surface area contributed by atoms with Crippen LogP contribution in [0.25, 0.3) is 0 Å². The molecule has 0 aromatic carbocycles. The molecule has 0 spiro atoms. The van der Waals surface area contributed by atoms with Crippen LogP contribution in [0.1, 0.15) is 101 Å². The number of carboxylic acid groups (broad SMARTS) is 1. The van der Waals surface area contributed by atoms with Crippen molar-refractivity contribution in [3.8, 4) is 0 Å². The van der Waals surface area contributed by atoms with E-state index in [0.717, 1.165) is 0 Å². The van der Waals surface area contributed by atoms with Crippen LogP contribution in [-0.4, -0.2) is 131 Å². The number of aldehydes is 1. The Morgan fingerprint density at radius 1 is 0.695 bits per heavy atom. The van der Waals surface area contributed by atoms with Crippen molar-refractivity contribution in [2.45, 2.75) is 150 Å². The third kappa shape index (κ3) is 17.3. The van der Waals surface area contributed by atoms with Gasteiger partial charge in [0.1, 0.15) is 42.5 Å². The number of hydrogen-bond acceptors (Lipinski definition) is 11. The van der Waals surface area contributed by atoms with Gasteiger partial charge in [0.2, 0.25) is 47.3 Å². The molecule has 1 saturated heterocycles. The summed E-state index contributed by atoms with van der Waals surface area (Å²) in [6.07, 6.45) is 0.768. The minimum Gasteiger partial charge on any atom is -0.481 e. The fourth-order valence-corrected chi connectivity index (χ4v) is 6.03. The van der Waals surface area contributed by atoms with Gasteiger partial charge in [-0.15, -0.1) is 0 Å². The monoisotopic (exact) mass is 837 g/mol. The average Bonchev–Trinajstić information content (AvgIpc) is 3.65. The molecule has 1 aliphatic rings. The smallest absolute Gasteiger partial charge is 0.303 e. The minimum atomic E-state index is -1.30. The first-order valence-electron chi connectivity index (χ1n) is 20.2. The molecule has 8 atom stereocenters. The van der Waals surface area contributed by atoms with E-state index in [1.165, 1.54) is 18.7 Å². The summed E-state index contributed by atoms with van der Waals surface area (Å²) in [6, 6.07) is -8.43. The molecule has 0 aromatic heterocycles. The molecule has 1 aliphatic heterocycles. The predicted molar refractivity (Wildman–Crippen MR) is 216 cm³/mol. The van der Waals surface area contributed by atoms with Gasteiger partial charge < -0.3 is 57.8 Å². The molecule has 0 radical (unpaired) electrons. The summed E-state index contributed by atoms with van der Waals surface area (Å²) in [5.41, 5.74) is 5.93. The van der Waals surface area contributed by atoms with Crippen LogP contribution >= 0.6 is 0 Å². The van der Waals surface area contributed by atoms with Crippen LogP contribution in [0, 0.1) is 23.7 Å². The van der Waals surface area contributed by atoms with E-state index in [1.54, 1.807) is 41.5 Å². The Balaban J connectivity index is 3.00. The van der Waals surface area contributed by atoms with Gasteiger partial charge in [-0.2, -0.15) is 0 Å². The summed E-state index contributed by atoms with van der Waals surface area (Å²) in [5.74, 6) is -7.54. The molecule has 334 valence electrons. The van der Waals surface area contributed by atoms with E-state index in [9.17, 15) is 53.1 Å². The second kappa shape index (κ2) is 24.7. The van der Waals surface area contributed by atoms with Crippen molar-refractivity contribution < 1.29 is 53.1 Å². The number of aliphatic carboxylic acids is 1. The van der Waals surface area contributed by atoms with E-state index in [2.05, 4.69) is 37.2 Å². The number of rotatable bonds is 24. The molecule has 0 bridgehead atoms. The van der Waals surface area contributed by atoms with Crippen LogP contribution in [-0.2, 0) is 47.9 Å². The Morgan fingerprint density at radius 2 is 1.29 bits per heavy atom. The molecule has 1 heterocycles. The van der Waals surface area contributed by atoms with Gasteiger partial charge in [0, 0.05) is 13.0 Å². The number of carbonyl (C=O) groups excluding carboxylic acids is 9. The molecule has 1 rings (SSSR count). The largest absolute Gasteiger partial charge is 0.481 e. The number of nitrogens with one attached hydrogen (secondary N) is 7. The van der Waals surface area contributed by atoms with Gasteiger partial charge in [-0.25, -0.2) is 0 Å². The number of hydrogen-bond donors (Lipinski definition) is 9. The van der Waals surface area contributed by atoms with Crippen LogP contribution in [0.4, 0.5) is 0 Å². The minimum absolute atomic E-state index is 0.0908. The highest BCUT2D eigenvalue weighted by Crippen LogP contribution is 2.21. The van der Waals surface area contributed by atoms with E-state index in [1.807, 2.05) is 13.8 Å².